The maximum atomic E-state index is 12.5. The molecular formula is C16H18N2O4S2. The molecule has 1 aromatic heterocycles. The Balaban J connectivity index is 1.75. The van der Waals surface area contributed by atoms with E-state index in [1.54, 1.807) is 42.3 Å². The van der Waals surface area contributed by atoms with Crippen LogP contribution in [0.1, 0.15) is 22.5 Å². The second-order valence-corrected chi connectivity index (χ2v) is 8.45. The van der Waals surface area contributed by atoms with Crippen LogP contribution in [0.3, 0.4) is 0 Å². The normalized spacial score (nSPS) is 14.6. The van der Waals surface area contributed by atoms with Crippen LogP contribution in [0.2, 0.25) is 0 Å². The van der Waals surface area contributed by atoms with Gasteiger partial charge >= 0.3 is 0 Å². The number of rotatable bonds is 5. The average molecular weight is 366 g/mol. The number of ether oxygens (including phenoxy) is 1. The fourth-order valence-corrected chi connectivity index (χ4v) is 4.85. The first-order valence-electron chi connectivity index (χ1n) is 7.55. The number of methoxy groups -OCH3 is 1. The predicted octanol–water partition coefficient (Wildman–Crippen LogP) is 2.79. The minimum absolute atomic E-state index is 0.0941. The van der Waals surface area contributed by atoms with Crippen LogP contribution in [0, 0.1) is 0 Å². The maximum absolute atomic E-state index is 12.5. The van der Waals surface area contributed by atoms with E-state index < -0.39 is 10.0 Å². The fourth-order valence-electron chi connectivity index (χ4n) is 2.52. The van der Waals surface area contributed by atoms with Gasteiger partial charge < -0.3 is 9.64 Å². The molecule has 8 heteroatoms. The molecule has 0 bridgehead atoms. The Hall–Kier alpha value is -2.06. The quantitative estimate of drug-likeness (QED) is 0.883. The highest BCUT2D eigenvalue weighted by Crippen LogP contribution is 2.26. The summed E-state index contributed by atoms with van der Waals surface area (Å²) in [6.07, 6.45) is 2.00. The van der Waals surface area contributed by atoms with E-state index in [-0.39, 0.29) is 10.1 Å². The van der Waals surface area contributed by atoms with E-state index in [1.807, 2.05) is 0 Å². The number of carbonyl (C=O) groups excluding carboxylic acids is 1. The molecule has 0 spiro atoms. The van der Waals surface area contributed by atoms with Gasteiger partial charge in [-0.3, -0.25) is 9.52 Å². The van der Waals surface area contributed by atoms with Gasteiger partial charge in [-0.1, -0.05) is 0 Å². The SMILES string of the molecule is COc1ccc(NS(=O)(=O)c2ccc(C(=O)N3CCCC3)s2)cc1. The van der Waals surface area contributed by atoms with Crippen molar-refractivity contribution in [2.75, 3.05) is 24.9 Å². The first-order chi connectivity index (χ1) is 11.5. The van der Waals surface area contributed by atoms with E-state index in [0.717, 1.165) is 37.3 Å². The number of nitrogens with one attached hydrogen (secondary N) is 1. The number of sulfonamides is 1. The van der Waals surface area contributed by atoms with Crippen molar-refractivity contribution in [2.24, 2.45) is 0 Å². The minimum atomic E-state index is -3.71. The van der Waals surface area contributed by atoms with Gasteiger partial charge in [-0.15, -0.1) is 11.3 Å². The van der Waals surface area contributed by atoms with Crippen LogP contribution in [0.15, 0.2) is 40.6 Å². The molecule has 1 aliphatic heterocycles. The third-order valence-electron chi connectivity index (χ3n) is 3.79. The van der Waals surface area contributed by atoms with Crippen molar-refractivity contribution in [3.8, 4) is 5.75 Å². The number of likely N-dealkylation sites (tertiary alicyclic amines) is 1. The molecule has 3 rings (SSSR count). The Bertz CT molecular complexity index is 822. The van der Waals surface area contributed by atoms with Crippen molar-refractivity contribution in [1.29, 1.82) is 0 Å². The molecule has 1 aromatic carbocycles. The number of nitrogens with zero attached hydrogens (tertiary/aromatic N) is 1. The van der Waals surface area contributed by atoms with E-state index in [0.29, 0.717) is 16.3 Å². The average Bonchev–Trinajstić information content (AvgIpc) is 3.26. The molecule has 1 N–H and O–H groups in total. The molecule has 2 aromatic rings. The Morgan fingerprint density at radius 3 is 2.42 bits per heavy atom. The molecule has 1 amide bonds. The lowest BCUT2D eigenvalue weighted by Crippen LogP contribution is -2.26. The molecule has 0 atom stereocenters. The topological polar surface area (TPSA) is 75.7 Å². The number of hydrogen-bond acceptors (Lipinski definition) is 5. The van der Waals surface area contributed by atoms with Gasteiger partial charge in [0.05, 0.1) is 12.0 Å². The molecule has 0 radical (unpaired) electrons. The maximum Gasteiger partial charge on any atom is 0.271 e. The van der Waals surface area contributed by atoms with Gasteiger partial charge in [-0.25, -0.2) is 8.42 Å². The molecule has 1 aliphatic rings. The van der Waals surface area contributed by atoms with Crippen LogP contribution < -0.4 is 9.46 Å². The molecule has 1 saturated heterocycles. The molecule has 0 unspecified atom stereocenters. The van der Waals surface area contributed by atoms with Gasteiger partial charge in [0.1, 0.15) is 9.96 Å². The van der Waals surface area contributed by atoms with Gasteiger partial charge in [-0.05, 0) is 49.2 Å². The second-order valence-electron chi connectivity index (χ2n) is 5.45. The molecule has 24 heavy (non-hydrogen) atoms. The Morgan fingerprint density at radius 2 is 1.79 bits per heavy atom. The highest BCUT2D eigenvalue weighted by atomic mass is 32.2. The summed E-state index contributed by atoms with van der Waals surface area (Å²) in [6.45, 7) is 1.48. The third kappa shape index (κ3) is 3.54. The van der Waals surface area contributed by atoms with Crippen LogP contribution in [-0.4, -0.2) is 39.4 Å². The molecule has 0 aliphatic carbocycles. The lowest BCUT2D eigenvalue weighted by molar-refractivity contribution is 0.0797. The Morgan fingerprint density at radius 1 is 1.12 bits per heavy atom. The summed E-state index contributed by atoms with van der Waals surface area (Å²) < 4.78 is 32.6. The van der Waals surface area contributed by atoms with E-state index in [9.17, 15) is 13.2 Å². The van der Waals surface area contributed by atoms with Crippen LogP contribution in [-0.2, 0) is 10.0 Å². The number of amides is 1. The summed E-state index contributed by atoms with van der Waals surface area (Å²) in [5, 5.41) is 0. The zero-order valence-corrected chi connectivity index (χ0v) is 14.8. The highest BCUT2D eigenvalue weighted by Gasteiger charge is 2.24. The summed E-state index contributed by atoms with van der Waals surface area (Å²) in [5.41, 5.74) is 0.441. The third-order valence-corrected chi connectivity index (χ3v) is 6.74. The first-order valence-corrected chi connectivity index (χ1v) is 9.85. The monoisotopic (exact) mass is 366 g/mol. The van der Waals surface area contributed by atoms with Crippen LogP contribution in [0.4, 0.5) is 5.69 Å². The lowest BCUT2D eigenvalue weighted by atomic mass is 10.3. The van der Waals surface area contributed by atoms with Crippen molar-refractivity contribution < 1.29 is 17.9 Å². The second kappa shape index (κ2) is 6.82. The van der Waals surface area contributed by atoms with Crippen molar-refractivity contribution >= 4 is 33.0 Å². The summed E-state index contributed by atoms with van der Waals surface area (Å²) >= 11 is 0.995. The van der Waals surface area contributed by atoms with E-state index in [1.165, 1.54) is 6.07 Å². The Kier molecular flexibility index (Phi) is 4.77. The van der Waals surface area contributed by atoms with E-state index in [4.69, 9.17) is 4.74 Å². The van der Waals surface area contributed by atoms with Gasteiger partial charge in [0.25, 0.3) is 15.9 Å². The molecular weight excluding hydrogens is 348 g/mol. The number of benzene rings is 1. The molecule has 0 saturated carbocycles. The molecule has 1 fully saturated rings. The summed E-state index contributed by atoms with van der Waals surface area (Å²) in [6, 6.07) is 9.65. The predicted molar refractivity (Wildman–Crippen MR) is 93.3 cm³/mol. The van der Waals surface area contributed by atoms with Gasteiger partial charge in [-0.2, -0.15) is 0 Å². The summed E-state index contributed by atoms with van der Waals surface area (Å²) in [4.78, 5) is 14.5. The summed E-state index contributed by atoms with van der Waals surface area (Å²) in [5.74, 6) is 0.552. The molecule has 2 heterocycles. The van der Waals surface area contributed by atoms with Crippen LogP contribution in [0.25, 0.3) is 0 Å². The van der Waals surface area contributed by atoms with Crippen molar-refractivity contribution in [1.82, 2.24) is 4.90 Å². The first kappa shape index (κ1) is 16.8. The van der Waals surface area contributed by atoms with Gasteiger partial charge in [0, 0.05) is 18.8 Å². The zero-order valence-electron chi connectivity index (χ0n) is 13.2. The van der Waals surface area contributed by atoms with Crippen molar-refractivity contribution in [3.05, 3.63) is 41.3 Å². The van der Waals surface area contributed by atoms with Gasteiger partial charge in [0.2, 0.25) is 0 Å². The number of carbonyl (C=O) groups is 1. The van der Waals surface area contributed by atoms with Crippen LogP contribution in [0.5, 0.6) is 5.75 Å². The zero-order chi connectivity index (χ0) is 17.2. The number of hydrogen-bond donors (Lipinski definition) is 1. The van der Waals surface area contributed by atoms with E-state index >= 15 is 0 Å². The molecule has 128 valence electrons. The van der Waals surface area contributed by atoms with Crippen molar-refractivity contribution in [2.45, 2.75) is 17.1 Å². The number of thiophene rings is 1. The van der Waals surface area contributed by atoms with Gasteiger partial charge in [0.15, 0.2) is 0 Å². The lowest BCUT2D eigenvalue weighted by Gasteiger charge is -2.13. The highest BCUT2D eigenvalue weighted by molar-refractivity contribution is 7.94. The smallest absolute Gasteiger partial charge is 0.271 e. The standard InChI is InChI=1S/C16H18N2O4S2/c1-22-13-6-4-12(5-7-13)17-24(20,21)15-9-8-14(23-15)16(19)18-10-2-3-11-18/h4-9,17H,2-3,10-11H2,1H3. The number of anilines is 1. The summed E-state index contributed by atoms with van der Waals surface area (Å²) in [7, 11) is -2.17. The van der Waals surface area contributed by atoms with Crippen molar-refractivity contribution in [3.63, 3.8) is 0 Å². The Labute approximate surface area is 145 Å². The van der Waals surface area contributed by atoms with Crippen LogP contribution >= 0.6 is 11.3 Å². The largest absolute Gasteiger partial charge is 0.497 e. The molecule has 6 nitrogen and oxygen atoms in total. The fraction of sp³-hybridized carbons (Fsp3) is 0.312. The minimum Gasteiger partial charge on any atom is -0.497 e. The van der Waals surface area contributed by atoms with E-state index in [2.05, 4.69) is 4.72 Å².